The van der Waals surface area contributed by atoms with Crippen molar-refractivity contribution >= 4 is 34.6 Å². The first-order chi connectivity index (χ1) is 15.7. The largest absolute Gasteiger partial charge is 0.465 e. The zero-order valence-electron chi connectivity index (χ0n) is 18.1. The predicted octanol–water partition coefficient (Wildman–Crippen LogP) is 0.0595. The molecule has 13 heteroatoms. The summed E-state index contributed by atoms with van der Waals surface area (Å²) in [6.07, 6.45) is 1.70. The van der Waals surface area contributed by atoms with E-state index in [0.29, 0.717) is 5.69 Å². The van der Waals surface area contributed by atoms with Crippen LogP contribution >= 0.6 is 11.8 Å². The molecule has 0 fully saturated rings. The molecule has 0 aliphatic carbocycles. The summed E-state index contributed by atoms with van der Waals surface area (Å²) in [5, 5.41) is 4.33. The Morgan fingerprint density at radius 3 is 2.33 bits per heavy atom. The van der Waals surface area contributed by atoms with Gasteiger partial charge in [0.1, 0.15) is 21.8 Å². The van der Waals surface area contributed by atoms with Crippen molar-refractivity contribution in [2.45, 2.75) is 5.03 Å². The van der Waals surface area contributed by atoms with E-state index in [0.717, 1.165) is 30.1 Å². The number of benzene rings is 1. The molecule has 0 radical (unpaired) electrons. The third-order valence-electron chi connectivity index (χ3n) is 5.13. The minimum absolute atomic E-state index is 0.0109. The van der Waals surface area contributed by atoms with Crippen LogP contribution in [0.5, 0.6) is 0 Å². The molecule has 0 aliphatic rings. The molecule has 0 spiro atoms. The number of nitrogen functional groups attached to an aromatic ring is 1. The fraction of sp³-hybridized carbons (Fsp3) is 0.200. The highest BCUT2D eigenvalue weighted by molar-refractivity contribution is 7.98. The fourth-order valence-corrected chi connectivity index (χ4v) is 4.01. The maximum Gasteiger partial charge on any atom is 0.344 e. The summed E-state index contributed by atoms with van der Waals surface area (Å²) >= 11 is 1.15. The Morgan fingerprint density at radius 1 is 1.06 bits per heavy atom. The van der Waals surface area contributed by atoms with Gasteiger partial charge in [0.25, 0.3) is 11.1 Å². The van der Waals surface area contributed by atoms with E-state index in [1.807, 2.05) is 0 Å². The molecule has 0 saturated heterocycles. The highest BCUT2D eigenvalue weighted by atomic mass is 32.2. The molecule has 0 unspecified atom stereocenters. The number of hydrogen-bond acceptors (Lipinski definition) is 9. The molecule has 170 valence electrons. The van der Waals surface area contributed by atoms with Gasteiger partial charge in [0, 0.05) is 14.1 Å². The standard InChI is InChI=1S/C20H19N7O5S/c1-24-14-12(16(28)25(2)20(24)31)17(29)26(10-8-6-5-7-9-10)19(22-14)27-13(21)11(18(30)32-3)15(23-27)33-4/h5-9H,21H2,1-4H3. The molecule has 3 aromatic heterocycles. The number of anilines is 1. The lowest BCUT2D eigenvalue weighted by Crippen LogP contribution is -2.41. The zero-order valence-corrected chi connectivity index (χ0v) is 18.9. The van der Waals surface area contributed by atoms with E-state index in [4.69, 9.17) is 10.5 Å². The Morgan fingerprint density at radius 2 is 1.73 bits per heavy atom. The van der Waals surface area contributed by atoms with E-state index in [9.17, 15) is 19.2 Å². The van der Waals surface area contributed by atoms with Crippen LogP contribution in [0.1, 0.15) is 10.4 Å². The van der Waals surface area contributed by atoms with Gasteiger partial charge in [-0.15, -0.1) is 11.8 Å². The van der Waals surface area contributed by atoms with Gasteiger partial charge in [0.2, 0.25) is 5.95 Å². The Labute approximate surface area is 189 Å². The van der Waals surface area contributed by atoms with Gasteiger partial charge in [-0.05, 0) is 18.4 Å². The lowest BCUT2D eigenvalue weighted by atomic mass is 10.3. The van der Waals surface area contributed by atoms with Crippen LogP contribution in [-0.4, -0.2) is 47.8 Å². The lowest BCUT2D eigenvalue weighted by molar-refractivity contribution is 0.0598. The molecular weight excluding hydrogens is 450 g/mol. The van der Waals surface area contributed by atoms with Crippen molar-refractivity contribution in [1.82, 2.24) is 28.5 Å². The topological polar surface area (TPSA) is 149 Å². The van der Waals surface area contributed by atoms with Crippen molar-refractivity contribution in [3.63, 3.8) is 0 Å². The van der Waals surface area contributed by atoms with Crippen molar-refractivity contribution in [2.24, 2.45) is 14.1 Å². The molecule has 1 aromatic carbocycles. The monoisotopic (exact) mass is 469 g/mol. The number of esters is 1. The number of aromatic nitrogens is 6. The smallest absolute Gasteiger partial charge is 0.344 e. The van der Waals surface area contributed by atoms with Gasteiger partial charge in [0.15, 0.2) is 5.65 Å². The SMILES string of the molecule is COC(=O)c1c(SC)nn(-c2nc3c(c(=O)n2-c2ccccc2)c(=O)n(C)c(=O)n3C)c1N. The van der Waals surface area contributed by atoms with E-state index >= 15 is 0 Å². The number of carbonyl (C=O) groups is 1. The van der Waals surface area contributed by atoms with Gasteiger partial charge >= 0.3 is 11.7 Å². The minimum atomic E-state index is -0.782. The Balaban J connectivity index is 2.24. The van der Waals surface area contributed by atoms with Gasteiger partial charge in [-0.25, -0.2) is 14.2 Å². The normalized spacial score (nSPS) is 11.2. The fourth-order valence-electron chi connectivity index (χ4n) is 3.45. The number of rotatable bonds is 4. The Hall–Kier alpha value is -4.13. The third-order valence-corrected chi connectivity index (χ3v) is 5.80. The van der Waals surface area contributed by atoms with Gasteiger partial charge < -0.3 is 10.5 Å². The number of methoxy groups -OCH3 is 1. The Bertz CT molecular complexity index is 1600. The van der Waals surface area contributed by atoms with E-state index in [2.05, 4.69) is 10.1 Å². The van der Waals surface area contributed by atoms with Gasteiger partial charge in [-0.2, -0.15) is 14.8 Å². The number of thioether (sulfide) groups is 1. The summed E-state index contributed by atoms with van der Waals surface area (Å²) in [7, 11) is 3.89. The van der Waals surface area contributed by atoms with Crippen LogP contribution < -0.4 is 22.5 Å². The molecule has 0 bridgehead atoms. The number of ether oxygens (including phenoxy) is 1. The maximum absolute atomic E-state index is 13.6. The van der Waals surface area contributed by atoms with Crippen LogP contribution in [-0.2, 0) is 18.8 Å². The number of para-hydroxylation sites is 1. The number of hydrogen-bond donors (Lipinski definition) is 1. The summed E-state index contributed by atoms with van der Waals surface area (Å²) in [6, 6.07) is 8.44. The molecule has 12 nitrogen and oxygen atoms in total. The Kier molecular flexibility index (Phi) is 5.41. The molecule has 0 amide bonds. The zero-order chi connectivity index (χ0) is 24.0. The second-order valence-electron chi connectivity index (χ2n) is 6.97. The average Bonchev–Trinajstić information content (AvgIpc) is 3.16. The molecule has 33 heavy (non-hydrogen) atoms. The van der Waals surface area contributed by atoms with Crippen molar-refractivity contribution in [3.05, 3.63) is 67.1 Å². The van der Waals surface area contributed by atoms with Gasteiger partial charge in [-0.3, -0.25) is 18.7 Å². The molecule has 4 rings (SSSR count). The number of aryl methyl sites for hydroxylation is 1. The molecule has 0 saturated carbocycles. The van der Waals surface area contributed by atoms with Crippen LogP contribution in [0.2, 0.25) is 0 Å². The van der Waals surface area contributed by atoms with Crippen molar-refractivity contribution in [1.29, 1.82) is 0 Å². The van der Waals surface area contributed by atoms with Crippen LogP contribution in [0, 0.1) is 0 Å². The molecule has 0 aliphatic heterocycles. The molecule has 2 N–H and O–H groups in total. The molecule has 0 atom stereocenters. The first kappa shape index (κ1) is 22.1. The molecular formula is C20H19N7O5S. The van der Waals surface area contributed by atoms with Crippen LogP contribution in [0.15, 0.2) is 49.7 Å². The van der Waals surface area contributed by atoms with E-state index in [-0.39, 0.29) is 33.4 Å². The predicted molar refractivity (Wildman–Crippen MR) is 122 cm³/mol. The number of carbonyl (C=O) groups excluding carboxylic acids is 1. The first-order valence-corrected chi connectivity index (χ1v) is 10.7. The molecule has 3 heterocycles. The quantitative estimate of drug-likeness (QED) is 0.323. The first-order valence-electron chi connectivity index (χ1n) is 9.52. The van der Waals surface area contributed by atoms with E-state index in [1.54, 1.807) is 36.6 Å². The second-order valence-corrected chi connectivity index (χ2v) is 7.76. The highest BCUT2D eigenvalue weighted by Gasteiger charge is 2.27. The van der Waals surface area contributed by atoms with Crippen molar-refractivity contribution in [3.8, 4) is 11.6 Å². The summed E-state index contributed by atoms with van der Waals surface area (Å²) in [4.78, 5) is 55.7. The van der Waals surface area contributed by atoms with E-state index < -0.39 is 22.8 Å². The van der Waals surface area contributed by atoms with Gasteiger partial charge in [0.05, 0.1) is 12.8 Å². The number of fused-ring (bicyclic) bond motifs is 1. The maximum atomic E-state index is 13.6. The van der Waals surface area contributed by atoms with Crippen LogP contribution in [0.3, 0.4) is 0 Å². The summed E-state index contributed by atoms with van der Waals surface area (Å²) in [5.41, 5.74) is 4.33. The summed E-state index contributed by atoms with van der Waals surface area (Å²) < 4.78 is 9.02. The van der Waals surface area contributed by atoms with Crippen molar-refractivity contribution < 1.29 is 9.53 Å². The summed E-state index contributed by atoms with van der Waals surface area (Å²) in [5.74, 6) is -0.931. The van der Waals surface area contributed by atoms with Crippen LogP contribution in [0.4, 0.5) is 5.82 Å². The lowest BCUT2D eigenvalue weighted by Gasteiger charge is -2.15. The third kappa shape index (κ3) is 3.24. The number of nitrogens with two attached hydrogens (primary N) is 1. The van der Waals surface area contributed by atoms with Crippen LogP contribution in [0.25, 0.3) is 22.7 Å². The van der Waals surface area contributed by atoms with Gasteiger partial charge in [-0.1, -0.05) is 18.2 Å². The number of nitrogens with zero attached hydrogens (tertiary/aromatic N) is 6. The average molecular weight is 469 g/mol. The second kappa shape index (κ2) is 8.09. The highest BCUT2D eigenvalue weighted by Crippen LogP contribution is 2.28. The van der Waals surface area contributed by atoms with Crippen molar-refractivity contribution in [2.75, 3.05) is 19.1 Å². The summed E-state index contributed by atoms with van der Waals surface area (Å²) in [6.45, 7) is 0. The van der Waals surface area contributed by atoms with E-state index in [1.165, 1.54) is 21.2 Å². The molecule has 4 aromatic rings. The minimum Gasteiger partial charge on any atom is -0.465 e.